The van der Waals surface area contributed by atoms with Crippen LogP contribution in [0, 0.1) is 11.3 Å². The second-order valence-electron chi connectivity index (χ2n) is 7.60. The van der Waals surface area contributed by atoms with Crippen molar-refractivity contribution in [1.29, 1.82) is 5.26 Å². The fraction of sp³-hybridized carbons (Fsp3) is 0.435. The average Bonchev–Trinajstić information content (AvgIpc) is 2.98. The molecule has 0 bridgehead atoms. The van der Waals surface area contributed by atoms with Crippen LogP contribution in [0.1, 0.15) is 54.5 Å². The first-order valence-electron chi connectivity index (χ1n) is 9.81. The molecule has 1 saturated heterocycles. The Balaban J connectivity index is 1.67. The largest absolute Gasteiger partial charge is 0.494 e. The molecule has 0 radical (unpaired) electrons. The summed E-state index contributed by atoms with van der Waals surface area (Å²) in [5.41, 5.74) is 4.60. The number of nitrogens with zero attached hydrogens (tertiary/aromatic N) is 1. The van der Waals surface area contributed by atoms with Crippen molar-refractivity contribution in [3.8, 4) is 11.8 Å². The van der Waals surface area contributed by atoms with Gasteiger partial charge >= 0.3 is 0 Å². The summed E-state index contributed by atoms with van der Waals surface area (Å²) in [6, 6.07) is 14.2. The highest BCUT2D eigenvalue weighted by Crippen LogP contribution is 2.46. The minimum atomic E-state index is -0.909. The third-order valence-corrected chi connectivity index (χ3v) is 5.45. The number of ether oxygens (including phenoxy) is 3. The number of rotatable bonds is 4. The van der Waals surface area contributed by atoms with Gasteiger partial charge in [-0.3, -0.25) is 0 Å². The second kappa shape index (κ2) is 7.56. The number of aliphatic hydroxyl groups is 1. The molecule has 2 aliphatic heterocycles. The summed E-state index contributed by atoms with van der Waals surface area (Å²) < 4.78 is 17.7. The maximum absolute atomic E-state index is 10.3. The Hall–Kier alpha value is -2.39. The Morgan fingerprint density at radius 3 is 2.75 bits per heavy atom. The fourth-order valence-corrected chi connectivity index (χ4v) is 4.24. The molecule has 1 fully saturated rings. The van der Waals surface area contributed by atoms with Gasteiger partial charge in [0.2, 0.25) is 0 Å². The minimum Gasteiger partial charge on any atom is -0.494 e. The molecule has 0 aromatic heterocycles. The molecule has 2 aromatic carbocycles. The maximum atomic E-state index is 10.3. The molecule has 4 rings (SSSR count). The second-order valence-corrected chi connectivity index (χ2v) is 7.60. The summed E-state index contributed by atoms with van der Waals surface area (Å²) in [5, 5.41) is 19.9. The average molecular weight is 379 g/mol. The van der Waals surface area contributed by atoms with Gasteiger partial charge in [0.25, 0.3) is 0 Å². The van der Waals surface area contributed by atoms with Crippen molar-refractivity contribution in [2.45, 2.75) is 57.7 Å². The van der Waals surface area contributed by atoms with Crippen LogP contribution in [0.3, 0.4) is 0 Å². The van der Waals surface area contributed by atoms with Crippen molar-refractivity contribution >= 4 is 0 Å². The third kappa shape index (κ3) is 3.51. The van der Waals surface area contributed by atoms with Crippen molar-refractivity contribution in [2.75, 3.05) is 6.61 Å². The van der Waals surface area contributed by atoms with E-state index in [1.807, 2.05) is 50.2 Å². The number of hydrogen-bond donors (Lipinski definition) is 1. The van der Waals surface area contributed by atoms with E-state index in [2.05, 4.69) is 6.07 Å². The molecule has 2 aliphatic rings. The van der Waals surface area contributed by atoms with Crippen LogP contribution in [-0.4, -0.2) is 23.9 Å². The van der Waals surface area contributed by atoms with Gasteiger partial charge in [0.05, 0.1) is 37.1 Å². The van der Waals surface area contributed by atoms with Gasteiger partial charge in [-0.2, -0.15) is 5.26 Å². The highest BCUT2D eigenvalue weighted by Gasteiger charge is 2.47. The van der Waals surface area contributed by atoms with Gasteiger partial charge in [-0.15, -0.1) is 0 Å². The number of hydrogen-bond acceptors (Lipinski definition) is 5. The van der Waals surface area contributed by atoms with Crippen molar-refractivity contribution in [1.82, 2.24) is 0 Å². The van der Waals surface area contributed by atoms with E-state index in [-0.39, 0.29) is 6.10 Å². The first-order chi connectivity index (χ1) is 13.5. The predicted molar refractivity (Wildman–Crippen MR) is 104 cm³/mol. The molecule has 2 unspecified atom stereocenters. The molecule has 5 heteroatoms. The zero-order valence-electron chi connectivity index (χ0n) is 16.3. The first kappa shape index (κ1) is 18.9. The first-order valence-corrected chi connectivity index (χ1v) is 9.81. The monoisotopic (exact) mass is 379 g/mol. The van der Waals surface area contributed by atoms with Crippen LogP contribution in [0.2, 0.25) is 0 Å². The normalized spacial score (nSPS) is 26.1. The quantitative estimate of drug-likeness (QED) is 0.875. The topological polar surface area (TPSA) is 71.7 Å². The lowest BCUT2D eigenvalue weighted by Crippen LogP contribution is -2.43. The van der Waals surface area contributed by atoms with Crippen LogP contribution in [-0.2, 0) is 28.3 Å². The molecule has 28 heavy (non-hydrogen) atoms. The Morgan fingerprint density at radius 2 is 2.07 bits per heavy atom. The van der Waals surface area contributed by atoms with Crippen LogP contribution in [0.15, 0.2) is 36.4 Å². The van der Waals surface area contributed by atoms with Gasteiger partial charge in [0, 0.05) is 12.0 Å². The summed E-state index contributed by atoms with van der Waals surface area (Å²) in [6.07, 6.45) is 1.12. The van der Waals surface area contributed by atoms with Crippen molar-refractivity contribution in [3.05, 3.63) is 64.2 Å². The lowest BCUT2D eigenvalue weighted by atomic mass is 9.88. The molecular formula is C23H25NO4. The van der Waals surface area contributed by atoms with Crippen molar-refractivity contribution < 1.29 is 19.3 Å². The van der Waals surface area contributed by atoms with E-state index in [0.717, 1.165) is 28.0 Å². The number of benzene rings is 2. The fourth-order valence-electron chi connectivity index (χ4n) is 4.24. The van der Waals surface area contributed by atoms with E-state index in [1.54, 1.807) is 0 Å². The summed E-state index contributed by atoms with van der Waals surface area (Å²) in [5.74, 6) is -0.0693. The smallest absolute Gasteiger partial charge is 0.198 e. The van der Waals surface area contributed by atoms with E-state index in [1.165, 1.54) is 0 Å². The molecule has 146 valence electrons. The van der Waals surface area contributed by atoms with Gasteiger partial charge in [-0.1, -0.05) is 12.1 Å². The summed E-state index contributed by atoms with van der Waals surface area (Å²) >= 11 is 0. The Kier molecular flexibility index (Phi) is 5.11. The van der Waals surface area contributed by atoms with Crippen LogP contribution in [0.5, 0.6) is 5.75 Å². The Bertz CT molecular complexity index is 890. The lowest BCUT2D eigenvalue weighted by Gasteiger charge is -2.39. The molecule has 0 saturated carbocycles. The summed E-state index contributed by atoms with van der Waals surface area (Å²) in [4.78, 5) is 0. The van der Waals surface area contributed by atoms with Crippen LogP contribution < -0.4 is 4.74 Å². The SMILES string of the molecule is CCOc1ccc(Cc2cc3c(cc2C#N)CO[C@@]32CC(O)CC(C)O2)cc1. The molecule has 0 amide bonds. The van der Waals surface area contributed by atoms with E-state index >= 15 is 0 Å². The van der Waals surface area contributed by atoms with Gasteiger partial charge in [0.15, 0.2) is 5.79 Å². The number of nitriles is 1. The highest BCUT2D eigenvalue weighted by molar-refractivity contribution is 5.49. The van der Waals surface area contributed by atoms with Crippen LogP contribution in [0.25, 0.3) is 0 Å². The van der Waals surface area contributed by atoms with Gasteiger partial charge in [-0.05, 0) is 67.6 Å². The summed E-state index contributed by atoms with van der Waals surface area (Å²) in [6.45, 7) is 4.94. The van der Waals surface area contributed by atoms with Crippen LogP contribution >= 0.6 is 0 Å². The molecule has 2 aromatic rings. The summed E-state index contributed by atoms with van der Waals surface area (Å²) in [7, 11) is 0. The molecule has 2 heterocycles. The molecule has 1 N–H and O–H groups in total. The Morgan fingerprint density at radius 1 is 1.29 bits per heavy atom. The standard InChI is InChI=1S/C23H25NO4/c1-3-26-21-6-4-16(5-7-21)9-17-11-22-19(10-18(17)13-24)14-27-23(22)12-20(25)8-15(2)28-23/h4-7,10-11,15,20,25H,3,8-9,12,14H2,1-2H3/t15?,20?,23-/m1/s1. The minimum absolute atomic E-state index is 0.0834. The van der Waals surface area contributed by atoms with Gasteiger partial charge in [-0.25, -0.2) is 0 Å². The van der Waals surface area contributed by atoms with Gasteiger partial charge < -0.3 is 19.3 Å². The van der Waals surface area contributed by atoms with E-state index in [0.29, 0.717) is 38.0 Å². The number of aliphatic hydroxyl groups excluding tert-OH is 1. The van der Waals surface area contributed by atoms with Crippen molar-refractivity contribution in [3.63, 3.8) is 0 Å². The van der Waals surface area contributed by atoms with Crippen LogP contribution in [0.4, 0.5) is 0 Å². The van der Waals surface area contributed by atoms with E-state index in [9.17, 15) is 10.4 Å². The third-order valence-electron chi connectivity index (χ3n) is 5.45. The predicted octanol–water partition coefficient (Wildman–Crippen LogP) is 3.79. The maximum Gasteiger partial charge on any atom is 0.198 e. The Labute approximate surface area is 165 Å². The van der Waals surface area contributed by atoms with E-state index < -0.39 is 11.9 Å². The number of fused-ring (bicyclic) bond motifs is 2. The zero-order valence-corrected chi connectivity index (χ0v) is 16.3. The molecular weight excluding hydrogens is 354 g/mol. The zero-order chi connectivity index (χ0) is 19.7. The molecule has 3 atom stereocenters. The van der Waals surface area contributed by atoms with E-state index in [4.69, 9.17) is 14.2 Å². The van der Waals surface area contributed by atoms with Crippen molar-refractivity contribution in [2.24, 2.45) is 0 Å². The lowest BCUT2D eigenvalue weighted by molar-refractivity contribution is -0.295. The molecule has 0 aliphatic carbocycles. The highest BCUT2D eigenvalue weighted by atomic mass is 16.7. The molecule has 1 spiro atoms. The van der Waals surface area contributed by atoms with Gasteiger partial charge in [0.1, 0.15) is 5.75 Å². The molecule has 5 nitrogen and oxygen atoms in total.